The number of benzene rings is 1. The maximum atomic E-state index is 9.57. The van der Waals surface area contributed by atoms with Gasteiger partial charge in [0.1, 0.15) is 0 Å². The number of aliphatic hydroxyl groups is 1. The molecule has 1 unspecified atom stereocenters. The Hall–Kier alpha value is -0.561. The molecule has 1 nitrogen and oxygen atoms in total. The van der Waals surface area contributed by atoms with Crippen LogP contribution in [-0.4, -0.2) is 26.7 Å². The number of hydrogen-bond donors (Lipinski definition) is 1. The molecule has 1 N–H and O–H groups in total. The van der Waals surface area contributed by atoms with Crippen molar-refractivity contribution in [1.29, 1.82) is 0 Å². The SMILES string of the molecule is CC(C)=CCC[C@@H](C)C(CO)[Se]c1ccccc1. The van der Waals surface area contributed by atoms with Crippen molar-refractivity contribution in [3.63, 3.8) is 0 Å². The van der Waals surface area contributed by atoms with Gasteiger partial charge in [-0.1, -0.05) is 0 Å². The van der Waals surface area contributed by atoms with Crippen molar-refractivity contribution in [3.05, 3.63) is 42.0 Å². The third-order valence-corrected chi connectivity index (χ3v) is 6.08. The summed E-state index contributed by atoms with van der Waals surface area (Å²) in [6, 6.07) is 10.6. The first-order valence-corrected chi connectivity index (χ1v) is 8.44. The Labute approximate surface area is 117 Å². The first kappa shape index (κ1) is 15.5. The zero-order valence-corrected chi connectivity index (χ0v) is 13.3. The fourth-order valence-corrected chi connectivity index (χ4v) is 4.15. The first-order valence-electron chi connectivity index (χ1n) is 6.59. The zero-order valence-electron chi connectivity index (χ0n) is 11.6. The molecule has 2 atom stereocenters. The summed E-state index contributed by atoms with van der Waals surface area (Å²) in [6.45, 7) is 6.86. The van der Waals surface area contributed by atoms with E-state index in [0.29, 0.717) is 32.3 Å². The van der Waals surface area contributed by atoms with Gasteiger partial charge in [0.25, 0.3) is 0 Å². The maximum absolute atomic E-state index is 9.57. The average molecular weight is 311 g/mol. The van der Waals surface area contributed by atoms with Crippen LogP contribution in [0.25, 0.3) is 0 Å². The summed E-state index contributed by atoms with van der Waals surface area (Å²) >= 11 is 0.375. The second kappa shape index (κ2) is 8.53. The molecule has 2 heteroatoms. The predicted octanol–water partition coefficient (Wildman–Crippen LogP) is 3.18. The van der Waals surface area contributed by atoms with E-state index >= 15 is 0 Å². The number of hydrogen-bond acceptors (Lipinski definition) is 1. The fraction of sp³-hybridized carbons (Fsp3) is 0.500. The second-order valence-corrected chi connectivity index (χ2v) is 7.74. The fourth-order valence-electron chi connectivity index (χ4n) is 1.83. The molecule has 100 valence electrons. The summed E-state index contributed by atoms with van der Waals surface area (Å²) in [5.41, 5.74) is 1.39. The van der Waals surface area contributed by atoms with Gasteiger partial charge in [0.2, 0.25) is 0 Å². The van der Waals surface area contributed by atoms with Crippen molar-refractivity contribution in [3.8, 4) is 0 Å². The minimum absolute atomic E-state index is 0.310. The molecule has 0 heterocycles. The molecule has 18 heavy (non-hydrogen) atoms. The van der Waals surface area contributed by atoms with Gasteiger partial charge in [-0.25, -0.2) is 0 Å². The molecule has 0 aliphatic rings. The quantitative estimate of drug-likeness (QED) is 0.606. The molecule has 0 aromatic heterocycles. The van der Waals surface area contributed by atoms with Crippen molar-refractivity contribution in [2.45, 2.75) is 38.4 Å². The van der Waals surface area contributed by atoms with Crippen LogP contribution in [0.2, 0.25) is 4.82 Å². The van der Waals surface area contributed by atoms with E-state index < -0.39 is 0 Å². The van der Waals surface area contributed by atoms with Gasteiger partial charge in [-0.05, 0) is 0 Å². The molecular weight excluding hydrogens is 287 g/mol. The van der Waals surface area contributed by atoms with Crippen LogP contribution < -0.4 is 4.46 Å². The third kappa shape index (κ3) is 5.86. The van der Waals surface area contributed by atoms with Crippen LogP contribution in [0.3, 0.4) is 0 Å². The zero-order chi connectivity index (χ0) is 13.4. The van der Waals surface area contributed by atoms with Crippen molar-refractivity contribution in [2.75, 3.05) is 6.61 Å². The van der Waals surface area contributed by atoms with Crippen LogP contribution in [0.4, 0.5) is 0 Å². The van der Waals surface area contributed by atoms with Gasteiger partial charge >= 0.3 is 117 Å². The van der Waals surface area contributed by atoms with E-state index in [1.807, 2.05) is 6.07 Å². The third-order valence-electron chi connectivity index (χ3n) is 3.02. The topological polar surface area (TPSA) is 20.2 Å². The van der Waals surface area contributed by atoms with Gasteiger partial charge in [-0.3, -0.25) is 0 Å². The van der Waals surface area contributed by atoms with E-state index in [2.05, 4.69) is 51.1 Å². The van der Waals surface area contributed by atoms with E-state index in [0.717, 1.165) is 6.42 Å². The van der Waals surface area contributed by atoms with Gasteiger partial charge in [0.05, 0.1) is 0 Å². The summed E-state index contributed by atoms with van der Waals surface area (Å²) in [6.07, 6.45) is 4.59. The first-order chi connectivity index (χ1) is 8.63. The molecule has 1 rings (SSSR count). The molecule has 1 aromatic carbocycles. The summed E-state index contributed by atoms with van der Waals surface area (Å²) in [7, 11) is 0. The summed E-state index contributed by atoms with van der Waals surface area (Å²) in [5, 5.41) is 9.57. The average Bonchev–Trinajstić information content (AvgIpc) is 2.36. The van der Waals surface area contributed by atoms with E-state index in [1.165, 1.54) is 16.5 Å². The van der Waals surface area contributed by atoms with Crippen LogP contribution in [0.15, 0.2) is 42.0 Å². The second-order valence-electron chi connectivity index (χ2n) is 4.99. The number of allylic oxidation sites excluding steroid dienone is 2. The predicted molar refractivity (Wildman–Crippen MR) is 80.5 cm³/mol. The van der Waals surface area contributed by atoms with E-state index in [9.17, 15) is 5.11 Å². The van der Waals surface area contributed by atoms with Crippen LogP contribution >= 0.6 is 0 Å². The van der Waals surface area contributed by atoms with Crippen LogP contribution in [-0.2, 0) is 0 Å². The molecule has 1 aromatic rings. The van der Waals surface area contributed by atoms with Crippen molar-refractivity contribution in [2.24, 2.45) is 5.92 Å². The van der Waals surface area contributed by atoms with E-state index in [1.54, 1.807) is 0 Å². The molecule has 0 aliphatic heterocycles. The summed E-state index contributed by atoms with van der Waals surface area (Å²) in [4.78, 5) is 0.436. The molecule has 0 aliphatic carbocycles. The number of aliphatic hydroxyl groups excluding tert-OH is 1. The Kier molecular flexibility index (Phi) is 7.34. The molecule has 0 saturated heterocycles. The van der Waals surface area contributed by atoms with Gasteiger partial charge < -0.3 is 0 Å². The standard InChI is InChI=1S/C16H24OSe/c1-13(2)8-7-9-14(3)16(12-17)18-15-10-5-4-6-11-15/h4-6,8,10-11,14,16-17H,7,9,12H2,1-3H3/t14-,16?/m1/s1. The monoisotopic (exact) mass is 312 g/mol. The Morgan fingerprint density at radius 2 is 1.94 bits per heavy atom. The molecular formula is C16H24OSe. The minimum atomic E-state index is 0.310. The summed E-state index contributed by atoms with van der Waals surface area (Å²) in [5.74, 6) is 0.589. The Bertz CT molecular complexity index is 355. The van der Waals surface area contributed by atoms with Crippen molar-refractivity contribution >= 4 is 19.4 Å². The van der Waals surface area contributed by atoms with Crippen LogP contribution in [0, 0.1) is 5.92 Å². The van der Waals surface area contributed by atoms with Gasteiger partial charge in [0, 0.05) is 0 Å². The molecule has 0 radical (unpaired) electrons. The van der Waals surface area contributed by atoms with Gasteiger partial charge in [-0.15, -0.1) is 0 Å². The van der Waals surface area contributed by atoms with E-state index in [-0.39, 0.29) is 0 Å². The molecule has 0 amide bonds. The number of rotatable bonds is 7. The van der Waals surface area contributed by atoms with Gasteiger partial charge in [-0.2, -0.15) is 0 Å². The Morgan fingerprint density at radius 3 is 2.50 bits per heavy atom. The molecule has 0 bridgehead atoms. The van der Waals surface area contributed by atoms with Crippen molar-refractivity contribution in [1.82, 2.24) is 0 Å². The molecule has 0 spiro atoms. The Balaban J connectivity index is 2.47. The molecule has 0 saturated carbocycles. The molecule has 0 fully saturated rings. The summed E-state index contributed by atoms with van der Waals surface area (Å²) < 4.78 is 1.39. The van der Waals surface area contributed by atoms with Crippen molar-refractivity contribution < 1.29 is 5.11 Å². The van der Waals surface area contributed by atoms with Crippen LogP contribution in [0.1, 0.15) is 33.6 Å². The van der Waals surface area contributed by atoms with E-state index in [4.69, 9.17) is 0 Å². The van der Waals surface area contributed by atoms with Crippen LogP contribution in [0.5, 0.6) is 0 Å². The normalized spacial score (nSPS) is 14.0. The van der Waals surface area contributed by atoms with Gasteiger partial charge in [0.15, 0.2) is 0 Å². The Morgan fingerprint density at radius 1 is 1.28 bits per heavy atom.